The second-order valence-electron chi connectivity index (χ2n) is 6.65. The Hall–Kier alpha value is -2.86. The van der Waals surface area contributed by atoms with Gasteiger partial charge < -0.3 is 20.0 Å². The second kappa shape index (κ2) is 6.80. The molecule has 6 heteroatoms. The molecule has 1 aliphatic rings. The first kappa shape index (κ1) is 16.6. The van der Waals surface area contributed by atoms with E-state index in [9.17, 15) is 4.79 Å². The fourth-order valence-electron chi connectivity index (χ4n) is 3.23. The zero-order valence-electron chi connectivity index (χ0n) is 14.8. The highest BCUT2D eigenvalue weighted by molar-refractivity contribution is 5.94. The molecule has 0 unspecified atom stereocenters. The molecule has 1 saturated heterocycles. The van der Waals surface area contributed by atoms with Crippen molar-refractivity contribution in [3.8, 4) is 0 Å². The molecule has 4 rings (SSSR count). The monoisotopic (exact) mass is 350 g/mol. The Kier molecular flexibility index (Phi) is 4.34. The van der Waals surface area contributed by atoms with E-state index >= 15 is 0 Å². The molecule has 1 aromatic heterocycles. The van der Waals surface area contributed by atoms with E-state index in [4.69, 9.17) is 10.2 Å². The van der Waals surface area contributed by atoms with Gasteiger partial charge in [-0.25, -0.2) is 0 Å². The fourth-order valence-corrected chi connectivity index (χ4v) is 3.23. The number of aryl methyl sites for hydroxylation is 1. The van der Waals surface area contributed by atoms with Crippen LogP contribution in [0.25, 0.3) is 11.1 Å². The molecule has 134 valence electrons. The number of fused-ring (bicyclic) bond motifs is 1. The third-order valence-corrected chi connectivity index (χ3v) is 4.81. The SMILES string of the molecule is Cc1ccc2oc(N3CCN(C(=O)c4ccc(CN)cc4)CC3)nc2c1. The van der Waals surface area contributed by atoms with Gasteiger partial charge in [-0.3, -0.25) is 4.79 Å². The Labute approximate surface area is 152 Å². The topological polar surface area (TPSA) is 75.6 Å². The van der Waals surface area contributed by atoms with Crippen molar-refractivity contribution in [1.82, 2.24) is 9.88 Å². The van der Waals surface area contributed by atoms with Crippen molar-refractivity contribution in [3.05, 3.63) is 59.2 Å². The molecule has 6 nitrogen and oxygen atoms in total. The molecule has 26 heavy (non-hydrogen) atoms. The van der Waals surface area contributed by atoms with E-state index in [-0.39, 0.29) is 5.91 Å². The lowest BCUT2D eigenvalue weighted by Gasteiger charge is -2.33. The minimum Gasteiger partial charge on any atom is -0.423 e. The zero-order valence-corrected chi connectivity index (χ0v) is 14.8. The van der Waals surface area contributed by atoms with Crippen molar-refractivity contribution in [2.75, 3.05) is 31.1 Å². The van der Waals surface area contributed by atoms with Crippen molar-refractivity contribution in [3.63, 3.8) is 0 Å². The van der Waals surface area contributed by atoms with Gasteiger partial charge in [0.2, 0.25) is 0 Å². The summed E-state index contributed by atoms with van der Waals surface area (Å²) in [7, 11) is 0. The molecule has 0 atom stereocenters. The van der Waals surface area contributed by atoms with Crippen LogP contribution in [0, 0.1) is 6.92 Å². The number of aromatic nitrogens is 1. The number of hydrogen-bond acceptors (Lipinski definition) is 5. The van der Waals surface area contributed by atoms with E-state index in [1.807, 2.05) is 54.3 Å². The number of nitrogens with zero attached hydrogens (tertiary/aromatic N) is 3. The smallest absolute Gasteiger partial charge is 0.298 e. The largest absolute Gasteiger partial charge is 0.423 e. The van der Waals surface area contributed by atoms with E-state index in [0.717, 1.165) is 22.2 Å². The zero-order chi connectivity index (χ0) is 18.1. The first-order valence-corrected chi connectivity index (χ1v) is 8.84. The highest BCUT2D eigenvalue weighted by atomic mass is 16.4. The Balaban J connectivity index is 1.43. The molecular formula is C20H22N4O2. The van der Waals surface area contributed by atoms with E-state index in [2.05, 4.69) is 9.88 Å². The quantitative estimate of drug-likeness (QED) is 0.786. The van der Waals surface area contributed by atoms with Crippen LogP contribution in [0.15, 0.2) is 46.9 Å². The summed E-state index contributed by atoms with van der Waals surface area (Å²) < 4.78 is 5.87. The number of oxazole rings is 1. The highest BCUT2D eigenvalue weighted by Gasteiger charge is 2.24. The van der Waals surface area contributed by atoms with Crippen molar-refractivity contribution in [2.45, 2.75) is 13.5 Å². The molecule has 0 spiro atoms. The first-order valence-electron chi connectivity index (χ1n) is 8.84. The summed E-state index contributed by atoms with van der Waals surface area (Å²) in [5, 5.41) is 0. The van der Waals surface area contributed by atoms with Crippen molar-refractivity contribution in [2.24, 2.45) is 5.73 Å². The number of piperazine rings is 1. The number of rotatable bonds is 3. The third-order valence-electron chi connectivity index (χ3n) is 4.81. The fraction of sp³-hybridized carbons (Fsp3) is 0.300. The lowest BCUT2D eigenvalue weighted by molar-refractivity contribution is 0.0745. The maximum Gasteiger partial charge on any atom is 0.298 e. The van der Waals surface area contributed by atoms with Gasteiger partial charge >= 0.3 is 0 Å². The summed E-state index contributed by atoms with van der Waals surface area (Å²) in [5.41, 5.74) is 10.2. The number of carbonyl (C=O) groups excluding carboxylic acids is 1. The maximum atomic E-state index is 12.7. The molecule has 2 N–H and O–H groups in total. The molecule has 2 heterocycles. The summed E-state index contributed by atoms with van der Waals surface area (Å²) in [6.45, 7) is 5.23. The lowest BCUT2D eigenvalue weighted by Crippen LogP contribution is -2.48. The predicted octanol–water partition coefficient (Wildman–Crippen LogP) is 2.56. The van der Waals surface area contributed by atoms with Gasteiger partial charge in [0.25, 0.3) is 11.9 Å². The van der Waals surface area contributed by atoms with Gasteiger partial charge in [0, 0.05) is 38.3 Å². The number of nitrogens with two attached hydrogens (primary N) is 1. The van der Waals surface area contributed by atoms with Crippen LogP contribution in [-0.4, -0.2) is 42.0 Å². The minimum absolute atomic E-state index is 0.0569. The van der Waals surface area contributed by atoms with Crippen LogP contribution in [0.1, 0.15) is 21.5 Å². The van der Waals surface area contributed by atoms with Gasteiger partial charge in [-0.2, -0.15) is 4.98 Å². The number of carbonyl (C=O) groups is 1. The van der Waals surface area contributed by atoms with E-state index < -0.39 is 0 Å². The average Bonchev–Trinajstić information content (AvgIpc) is 3.11. The number of amides is 1. The van der Waals surface area contributed by atoms with Gasteiger partial charge in [0.15, 0.2) is 5.58 Å². The van der Waals surface area contributed by atoms with Crippen LogP contribution in [-0.2, 0) is 6.54 Å². The van der Waals surface area contributed by atoms with Crippen LogP contribution in [0.4, 0.5) is 6.01 Å². The predicted molar refractivity (Wildman–Crippen MR) is 101 cm³/mol. The van der Waals surface area contributed by atoms with Crippen molar-refractivity contribution in [1.29, 1.82) is 0 Å². The van der Waals surface area contributed by atoms with Crippen LogP contribution < -0.4 is 10.6 Å². The van der Waals surface area contributed by atoms with Crippen molar-refractivity contribution < 1.29 is 9.21 Å². The number of benzene rings is 2. The number of hydrogen-bond donors (Lipinski definition) is 1. The highest BCUT2D eigenvalue weighted by Crippen LogP contribution is 2.24. The Morgan fingerprint density at radius 1 is 1.12 bits per heavy atom. The standard InChI is InChI=1S/C20H22N4O2/c1-14-2-7-18-17(12-14)22-20(26-18)24-10-8-23(9-11-24)19(25)16-5-3-15(13-21)4-6-16/h2-7,12H,8-11,13,21H2,1H3. The Morgan fingerprint density at radius 2 is 1.85 bits per heavy atom. The summed E-state index contributed by atoms with van der Waals surface area (Å²) >= 11 is 0. The lowest BCUT2D eigenvalue weighted by atomic mass is 10.1. The molecular weight excluding hydrogens is 328 g/mol. The molecule has 3 aromatic rings. The Bertz CT molecular complexity index is 925. The van der Waals surface area contributed by atoms with Crippen LogP contribution >= 0.6 is 0 Å². The third kappa shape index (κ3) is 3.15. The molecule has 1 fully saturated rings. The van der Waals surface area contributed by atoms with Crippen LogP contribution in [0.5, 0.6) is 0 Å². The molecule has 0 saturated carbocycles. The normalized spacial score (nSPS) is 14.8. The maximum absolute atomic E-state index is 12.7. The summed E-state index contributed by atoms with van der Waals surface area (Å²) in [6.07, 6.45) is 0. The molecule has 0 bridgehead atoms. The molecule has 2 aromatic carbocycles. The van der Waals surface area contributed by atoms with Crippen LogP contribution in [0.3, 0.4) is 0 Å². The van der Waals surface area contributed by atoms with E-state index in [1.165, 1.54) is 0 Å². The van der Waals surface area contributed by atoms with Gasteiger partial charge in [-0.1, -0.05) is 18.2 Å². The summed E-state index contributed by atoms with van der Waals surface area (Å²) in [6, 6.07) is 14.1. The Morgan fingerprint density at radius 3 is 2.54 bits per heavy atom. The number of anilines is 1. The van der Waals surface area contributed by atoms with E-state index in [0.29, 0.717) is 44.3 Å². The van der Waals surface area contributed by atoms with E-state index in [1.54, 1.807) is 0 Å². The molecule has 0 aliphatic carbocycles. The first-order chi connectivity index (χ1) is 12.6. The van der Waals surface area contributed by atoms with Gasteiger partial charge in [-0.15, -0.1) is 0 Å². The van der Waals surface area contributed by atoms with Gasteiger partial charge in [0.1, 0.15) is 5.52 Å². The average molecular weight is 350 g/mol. The minimum atomic E-state index is 0.0569. The molecule has 1 aliphatic heterocycles. The summed E-state index contributed by atoms with van der Waals surface area (Å²) in [5.74, 6) is 0.0569. The van der Waals surface area contributed by atoms with Crippen molar-refractivity contribution >= 4 is 23.0 Å². The van der Waals surface area contributed by atoms with Gasteiger partial charge in [-0.05, 0) is 42.3 Å². The summed E-state index contributed by atoms with van der Waals surface area (Å²) in [4.78, 5) is 21.2. The van der Waals surface area contributed by atoms with Gasteiger partial charge in [0.05, 0.1) is 0 Å². The van der Waals surface area contributed by atoms with Crippen LogP contribution in [0.2, 0.25) is 0 Å². The molecule has 1 amide bonds. The molecule has 0 radical (unpaired) electrons. The second-order valence-corrected chi connectivity index (χ2v) is 6.65.